The molecule has 4 aromatic rings. The third kappa shape index (κ3) is 2.60. The summed E-state index contributed by atoms with van der Waals surface area (Å²) in [7, 11) is 2.10. The van der Waals surface area contributed by atoms with Gasteiger partial charge in [-0.05, 0) is 30.0 Å². The van der Waals surface area contributed by atoms with Gasteiger partial charge in [0.15, 0.2) is 11.9 Å². The maximum Gasteiger partial charge on any atom is 0.300 e. The molecule has 0 saturated heterocycles. The van der Waals surface area contributed by atoms with Gasteiger partial charge in [-0.2, -0.15) is 0 Å². The highest BCUT2D eigenvalue weighted by Gasteiger charge is 2.14. The summed E-state index contributed by atoms with van der Waals surface area (Å²) in [5.41, 5.74) is 5.10. The fourth-order valence-electron chi connectivity index (χ4n) is 3.17. The molecule has 122 valence electrons. The van der Waals surface area contributed by atoms with Crippen molar-refractivity contribution in [2.45, 2.75) is 20.8 Å². The average Bonchev–Trinajstić information content (AvgIpc) is 2.90. The monoisotopic (exact) mass is 321 g/mol. The van der Waals surface area contributed by atoms with E-state index in [4.69, 9.17) is 9.90 Å². The van der Waals surface area contributed by atoms with Gasteiger partial charge >= 0.3 is 0 Å². The number of pyridine rings is 1. The van der Waals surface area contributed by atoms with Crippen LogP contribution in [0.5, 0.6) is 0 Å². The predicted molar refractivity (Wildman–Crippen MR) is 97.3 cm³/mol. The minimum absolute atomic E-state index is 0.833. The Morgan fingerprint density at radius 3 is 2.42 bits per heavy atom. The second-order valence-electron chi connectivity index (χ2n) is 6.09. The van der Waals surface area contributed by atoms with Gasteiger partial charge in [0.2, 0.25) is 0 Å². The number of benzene rings is 2. The number of aromatic nitrogens is 2. The van der Waals surface area contributed by atoms with Crippen molar-refractivity contribution in [3.63, 3.8) is 0 Å². The van der Waals surface area contributed by atoms with Crippen LogP contribution in [0.25, 0.3) is 32.6 Å². The largest absolute Gasteiger partial charge is 0.481 e. The fourth-order valence-corrected chi connectivity index (χ4v) is 3.17. The second-order valence-corrected chi connectivity index (χ2v) is 6.09. The summed E-state index contributed by atoms with van der Waals surface area (Å²) in [6, 6.07) is 13.1. The zero-order valence-corrected chi connectivity index (χ0v) is 14.3. The molecular formula is C20H21N2O2+. The molecule has 4 nitrogen and oxygen atoms in total. The summed E-state index contributed by atoms with van der Waals surface area (Å²) in [5.74, 6) is -0.833. The molecule has 0 fully saturated rings. The zero-order valence-electron chi connectivity index (χ0n) is 14.3. The summed E-state index contributed by atoms with van der Waals surface area (Å²) < 4.78 is 2.18. The highest BCUT2D eigenvalue weighted by atomic mass is 16.4. The van der Waals surface area contributed by atoms with Crippen molar-refractivity contribution < 1.29 is 14.5 Å². The van der Waals surface area contributed by atoms with Crippen LogP contribution in [-0.2, 0) is 11.8 Å². The fraction of sp³-hybridized carbons (Fsp3) is 0.200. The average molecular weight is 321 g/mol. The number of hydrogen-bond acceptors (Lipinski definition) is 1. The smallest absolute Gasteiger partial charge is 0.300 e. The number of nitrogens with one attached hydrogen (secondary N) is 1. The molecule has 0 bridgehead atoms. The van der Waals surface area contributed by atoms with E-state index >= 15 is 0 Å². The van der Waals surface area contributed by atoms with Gasteiger partial charge in [0.05, 0.1) is 5.52 Å². The van der Waals surface area contributed by atoms with Gasteiger partial charge in [-0.15, -0.1) is 0 Å². The van der Waals surface area contributed by atoms with E-state index in [0.717, 1.165) is 6.92 Å². The van der Waals surface area contributed by atoms with E-state index in [0.29, 0.717) is 0 Å². The summed E-state index contributed by atoms with van der Waals surface area (Å²) in [5, 5.41) is 12.7. The minimum Gasteiger partial charge on any atom is -0.481 e. The third-order valence-corrected chi connectivity index (χ3v) is 4.49. The first kappa shape index (κ1) is 16.0. The number of aryl methyl sites for hydroxylation is 3. The number of fused-ring (bicyclic) bond motifs is 4. The second kappa shape index (κ2) is 5.96. The van der Waals surface area contributed by atoms with Gasteiger partial charge < -0.3 is 10.1 Å². The molecule has 0 aliphatic carbocycles. The lowest BCUT2D eigenvalue weighted by Gasteiger charge is -2.05. The Morgan fingerprint density at radius 2 is 1.71 bits per heavy atom. The normalized spacial score (nSPS) is 10.8. The Labute approximate surface area is 140 Å². The van der Waals surface area contributed by atoms with Crippen LogP contribution in [0.3, 0.4) is 0 Å². The molecule has 4 rings (SSSR count). The lowest BCUT2D eigenvalue weighted by molar-refractivity contribution is -0.676. The number of aliphatic carboxylic acids is 1. The quantitative estimate of drug-likeness (QED) is 0.481. The molecule has 0 amide bonds. The summed E-state index contributed by atoms with van der Waals surface area (Å²) >= 11 is 0. The molecule has 2 N–H and O–H groups in total. The van der Waals surface area contributed by atoms with Gasteiger partial charge in [-0.25, -0.2) is 4.57 Å². The van der Waals surface area contributed by atoms with Gasteiger partial charge in [-0.1, -0.05) is 18.2 Å². The van der Waals surface area contributed by atoms with Crippen molar-refractivity contribution >= 4 is 38.5 Å². The number of carbonyl (C=O) groups is 1. The number of nitrogens with zero attached hydrogens (tertiary/aromatic N) is 1. The van der Waals surface area contributed by atoms with Crippen LogP contribution < -0.4 is 4.57 Å². The Kier molecular flexibility index (Phi) is 3.97. The molecule has 0 aliphatic rings. The van der Waals surface area contributed by atoms with Crippen LogP contribution in [0.15, 0.2) is 42.6 Å². The SMILES string of the molecule is CC(=O)O.Cc1c2cc[n+](C)c(C)c2cc2c1[nH]c1ccccc12. The molecule has 0 unspecified atom stereocenters. The molecule has 0 saturated carbocycles. The lowest BCUT2D eigenvalue weighted by Crippen LogP contribution is -2.31. The number of H-pyrrole nitrogens is 1. The highest BCUT2D eigenvalue weighted by molar-refractivity contribution is 6.13. The number of para-hydroxylation sites is 1. The molecular weight excluding hydrogens is 300 g/mol. The number of carboxylic acid groups (broad SMARTS) is 1. The van der Waals surface area contributed by atoms with Crippen LogP contribution in [0.2, 0.25) is 0 Å². The van der Waals surface area contributed by atoms with Crippen molar-refractivity contribution in [1.29, 1.82) is 0 Å². The van der Waals surface area contributed by atoms with Crippen LogP contribution in [0.4, 0.5) is 0 Å². The van der Waals surface area contributed by atoms with Crippen molar-refractivity contribution in [3.8, 4) is 0 Å². The van der Waals surface area contributed by atoms with Crippen molar-refractivity contribution in [3.05, 3.63) is 53.9 Å². The molecule has 0 radical (unpaired) electrons. The maximum atomic E-state index is 9.00. The molecule has 2 aromatic heterocycles. The molecule has 2 heterocycles. The zero-order chi connectivity index (χ0) is 17.4. The summed E-state index contributed by atoms with van der Waals surface area (Å²) in [4.78, 5) is 12.6. The first-order chi connectivity index (χ1) is 11.4. The Bertz CT molecular complexity index is 1070. The van der Waals surface area contributed by atoms with E-state index in [1.54, 1.807) is 0 Å². The molecule has 0 atom stereocenters. The first-order valence-electron chi connectivity index (χ1n) is 7.88. The number of aromatic amines is 1. The van der Waals surface area contributed by atoms with Gasteiger partial charge in [0, 0.05) is 41.6 Å². The van der Waals surface area contributed by atoms with Gasteiger partial charge in [0.1, 0.15) is 7.05 Å². The number of hydrogen-bond donors (Lipinski definition) is 2. The first-order valence-corrected chi connectivity index (χ1v) is 7.88. The van der Waals surface area contributed by atoms with E-state index in [2.05, 4.69) is 73.0 Å². The van der Waals surface area contributed by atoms with Crippen LogP contribution >= 0.6 is 0 Å². The van der Waals surface area contributed by atoms with Crippen LogP contribution in [0, 0.1) is 13.8 Å². The maximum absolute atomic E-state index is 9.00. The van der Waals surface area contributed by atoms with Gasteiger partial charge in [0.25, 0.3) is 5.97 Å². The third-order valence-electron chi connectivity index (χ3n) is 4.49. The molecule has 0 aliphatic heterocycles. The lowest BCUT2D eigenvalue weighted by atomic mass is 10.0. The van der Waals surface area contributed by atoms with E-state index < -0.39 is 5.97 Å². The van der Waals surface area contributed by atoms with Crippen molar-refractivity contribution in [2.24, 2.45) is 7.05 Å². The molecule has 4 heteroatoms. The minimum atomic E-state index is -0.833. The van der Waals surface area contributed by atoms with E-state index in [1.807, 2.05) is 0 Å². The van der Waals surface area contributed by atoms with Crippen molar-refractivity contribution in [1.82, 2.24) is 4.98 Å². The Balaban J connectivity index is 0.000000383. The molecule has 2 aromatic carbocycles. The summed E-state index contributed by atoms with van der Waals surface area (Å²) in [6.07, 6.45) is 2.14. The van der Waals surface area contributed by atoms with Crippen LogP contribution in [0.1, 0.15) is 18.2 Å². The van der Waals surface area contributed by atoms with E-state index in [-0.39, 0.29) is 0 Å². The van der Waals surface area contributed by atoms with E-state index in [9.17, 15) is 0 Å². The van der Waals surface area contributed by atoms with Crippen LogP contribution in [-0.4, -0.2) is 16.1 Å². The Morgan fingerprint density at radius 1 is 1.04 bits per heavy atom. The Hall–Kier alpha value is -2.88. The molecule has 24 heavy (non-hydrogen) atoms. The summed E-state index contributed by atoms with van der Waals surface area (Å²) in [6.45, 7) is 5.47. The topological polar surface area (TPSA) is 57.0 Å². The number of carboxylic acids is 1. The van der Waals surface area contributed by atoms with Gasteiger partial charge in [-0.3, -0.25) is 4.79 Å². The highest BCUT2D eigenvalue weighted by Crippen LogP contribution is 2.33. The number of rotatable bonds is 0. The van der Waals surface area contributed by atoms with E-state index in [1.165, 1.54) is 43.8 Å². The van der Waals surface area contributed by atoms with Crippen molar-refractivity contribution in [2.75, 3.05) is 0 Å². The predicted octanol–water partition coefficient (Wildman–Crippen LogP) is 4.01. The standard InChI is InChI=1S/C18H16N2.C2H4O2/c1-11-13-8-9-20(3)12(2)15(13)10-16-14-6-4-5-7-17(14)19-18(11)16;1-2(3)4/h4-10H,1-3H3;1H3,(H,3,4)/p+1. The molecule has 0 spiro atoms.